The van der Waals surface area contributed by atoms with Gasteiger partial charge in [-0.05, 0) is 0 Å². The Morgan fingerprint density at radius 2 is 2.39 bits per heavy atom. The van der Waals surface area contributed by atoms with Gasteiger partial charge in [0.2, 0.25) is 0 Å². The molecule has 3 rings (SSSR count). The van der Waals surface area contributed by atoms with Crippen LogP contribution in [0.15, 0.2) is 17.4 Å². The molecule has 10 nitrogen and oxygen atoms in total. The fraction of sp³-hybridized carbons (Fsp3) is 0.375. The van der Waals surface area contributed by atoms with E-state index >= 15 is 0 Å². The standard InChI is InChI=1S/C8H10N6O4/c15-4-1-5(18-14(4)12-17)13-3-11-6-7(13)9-2-10-8(6)16/h2-5,12,15,17H,1H2,(H,9,10,16)/t4-,5+/m0/s1. The molecule has 1 aliphatic heterocycles. The number of hydrazine groups is 1. The zero-order valence-electron chi connectivity index (χ0n) is 9.02. The molecule has 0 spiro atoms. The molecule has 96 valence electrons. The molecule has 1 fully saturated rings. The highest BCUT2D eigenvalue weighted by molar-refractivity contribution is 5.68. The molecular weight excluding hydrogens is 244 g/mol. The largest absolute Gasteiger partial charge is 0.374 e. The van der Waals surface area contributed by atoms with Gasteiger partial charge in [0.05, 0.1) is 12.7 Å². The smallest absolute Gasteiger partial charge is 0.278 e. The minimum absolute atomic E-state index is 0.186. The van der Waals surface area contributed by atoms with E-state index in [-0.39, 0.29) is 17.5 Å². The highest BCUT2D eigenvalue weighted by atomic mass is 16.8. The monoisotopic (exact) mass is 254 g/mol. The van der Waals surface area contributed by atoms with E-state index in [0.29, 0.717) is 5.65 Å². The molecule has 0 amide bonds. The zero-order valence-corrected chi connectivity index (χ0v) is 9.02. The summed E-state index contributed by atoms with van der Waals surface area (Å²) in [4.78, 5) is 27.0. The van der Waals surface area contributed by atoms with E-state index in [9.17, 15) is 9.90 Å². The van der Waals surface area contributed by atoms with Gasteiger partial charge in [-0.15, -0.1) is 5.59 Å². The second-order valence-electron chi connectivity index (χ2n) is 3.76. The molecule has 0 saturated carbocycles. The van der Waals surface area contributed by atoms with Gasteiger partial charge in [0, 0.05) is 6.42 Å². The van der Waals surface area contributed by atoms with Gasteiger partial charge >= 0.3 is 0 Å². The number of aliphatic hydroxyl groups is 1. The third-order valence-electron chi connectivity index (χ3n) is 2.69. The van der Waals surface area contributed by atoms with E-state index in [2.05, 4.69) is 15.0 Å². The Bertz CT molecular complexity index is 623. The first kappa shape index (κ1) is 11.3. The summed E-state index contributed by atoms with van der Waals surface area (Å²) in [6.07, 6.45) is 1.22. The molecule has 0 radical (unpaired) electrons. The minimum atomic E-state index is -1.01. The van der Waals surface area contributed by atoms with Gasteiger partial charge in [0.1, 0.15) is 0 Å². The van der Waals surface area contributed by atoms with Crippen LogP contribution in [0.1, 0.15) is 12.6 Å². The number of aromatic amines is 1. The van der Waals surface area contributed by atoms with Crippen LogP contribution in [0.3, 0.4) is 0 Å². The molecule has 0 aliphatic carbocycles. The number of hydroxylamine groups is 1. The predicted molar refractivity (Wildman–Crippen MR) is 55.7 cm³/mol. The van der Waals surface area contributed by atoms with Crippen LogP contribution < -0.4 is 11.1 Å². The molecule has 0 aromatic carbocycles. The first-order chi connectivity index (χ1) is 8.70. The summed E-state index contributed by atoms with van der Waals surface area (Å²) in [6, 6.07) is 0. The van der Waals surface area contributed by atoms with Crippen LogP contribution in [0, 0.1) is 0 Å². The number of fused-ring (bicyclic) bond motifs is 1. The number of aliphatic hydroxyl groups excluding tert-OH is 1. The van der Waals surface area contributed by atoms with Crippen molar-refractivity contribution in [3.8, 4) is 0 Å². The highest BCUT2D eigenvalue weighted by Crippen LogP contribution is 2.27. The minimum Gasteiger partial charge on any atom is -0.374 e. The summed E-state index contributed by atoms with van der Waals surface area (Å²) in [5.74, 6) is 0. The average molecular weight is 254 g/mol. The quantitative estimate of drug-likeness (QED) is 0.475. The van der Waals surface area contributed by atoms with Crippen LogP contribution in [0.5, 0.6) is 0 Å². The molecule has 1 aliphatic rings. The molecule has 2 aromatic rings. The summed E-state index contributed by atoms with van der Waals surface area (Å²) in [5.41, 5.74) is 1.88. The maximum atomic E-state index is 11.5. The molecule has 1 saturated heterocycles. The van der Waals surface area contributed by atoms with Crippen molar-refractivity contribution in [3.05, 3.63) is 23.0 Å². The summed E-state index contributed by atoms with van der Waals surface area (Å²) in [5, 5.41) is 19.0. The van der Waals surface area contributed by atoms with Crippen molar-refractivity contribution in [2.75, 3.05) is 0 Å². The van der Waals surface area contributed by atoms with Crippen molar-refractivity contribution in [3.63, 3.8) is 0 Å². The molecule has 10 heteroatoms. The lowest BCUT2D eigenvalue weighted by molar-refractivity contribution is -0.296. The Balaban J connectivity index is 2.01. The van der Waals surface area contributed by atoms with E-state index in [1.165, 1.54) is 17.2 Å². The van der Waals surface area contributed by atoms with Crippen LogP contribution in [0.2, 0.25) is 0 Å². The predicted octanol–water partition coefficient (Wildman–Crippen LogP) is -1.53. The van der Waals surface area contributed by atoms with Crippen molar-refractivity contribution in [2.24, 2.45) is 0 Å². The third kappa shape index (κ3) is 1.60. The number of nitrogens with one attached hydrogen (secondary N) is 2. The van der Waals surface area contributed by atoms with Crippen LogP contribution >= 0.6 is 0 Å². The van der Waals surface area contributed by atoms with Crippen molar-refractivity contribution in [1.29, 1.82) is 0 Å². The Morgan fingerprint density at radius 1 is 1.56 bits per heavy atom. The summed E-state index contributed by atoms with van der Waals surface area (Å²) in [7, 11) is 0. The first-order valence-corrected chi connectivity index (χ1v) is 5.14. The third-order valence-corrected chi connectivity index (χ3v) is 2.69. The lowest BCUT2D eigenvalue weighted by atomic mass is 10.3. The van der Waals surface area contributed by atoms with E-state index in [1.54, 1.807) is 5.59 Å². The maximum Gasteiger partial charge on any atom is 0.278 e. The van der Waals surface area contributed by atoms with Crippen molar-refractivity contribution in [1.82, 2.24) is 30.3 Å². The van der Waals surface area contributed by atoms with Crippen LogP contribution in [0.25, 0.3) is 11.2 Å². The maximum absolute atomic E-state index is 11.5. The van der Waals surface area contributed by atoms with Crippen molar-refractivity contribution < 1.29 is 15.2 Å². The Hall–Kier alpha value is -1.85. The SMILES string of the molecule is O=c1[nH]cnc2c1ncn2[C@H]1C[C@H](O)N(NO)O1. The number of hydrogen-bond acceptors (Lipinski definition) is 8. The van der Waals surface area contributed by atoms with Crippen LogP contribution in [-0.2, 0) is 4.84 Å². The van der Waals surface area contributed by atoms with Crippen molar-refractivity contribution in [2.45, 2.75) is 18.9 Å². The van der Waals surface area contributed by atoms with E-state index in [4.69, 9.17) is 10.0 Å². The second-order valence-corrected chi connectivity index (χ2v) is 3.76. The van der Waals surface area contributed by atoms with Gasteiger partial charge in [-0.25, -0.2) is 9.97 Å². The molecule has 2 aromatic heterocycles. The molecule has 4 N–H and O–H groups in total. The summed E-state index contributed by atoms with van der Waals surface area (Å²) in [6.45, 7) is 0. The Kier molecular flexibility index (Phi) is 2.57. The fourth-order valence-electron chi connectivity index (χ4n) is 1.85. The molecule has 3 heterocycles. The molecule has 0 bridgehead atoms. The normalized spacial score (nSPS) is 25.0. The molecule has 0 unspecified atom stereocenters. The van der Waals surface area contributed by atoms with Crippen molar-refractivity contribution >= 4 is 11.2 Å². The van der Waals surface area contributed by atoms with E-state index in [0.717, 1.165) is 5.17 Å². The lowest BCUT2D eigenvalue weighted by Crippen LogP contribution is -2.38. The topological polar surface area (TPSA) is 129 Å². The second kappa shape index (κ2) is 4.12. The number of rotatable bonds is 2. The van der Waals surface area contributed by atoms with Gasteiger partial charge in [-0.2, -0.15) is 0 Å². The average Bonchev–Trinajstić information content (AvgIpc) is 2.93. The highest BCUT2D eigenvalue weighted by Gasteiger charge is 2.34. The van der Waals surface area contributed by atoms with Gasteiger partial charge in [0.15, 0.2) is 23.6 Å². The Morgan fingerprint density at radius 3 is 3.11 bits per heavy atom. The zero-order chi connectivity index (χ0) is 12.7. The van der Waals surface area contributed by atoms with E-state index < -0.39 is 12.5 Å². The fourth-order valence-corrected chi connectivity index (χ4v) is 1.85. The van der Waals surface area contributed by atoms with Crippen LogP contribution in [-0.4, -0.2) is 41.2 Å². The van der Waals surface area contributed by atoms with Gasteiger partial charge < -0.3 is 10.1 Å². The van der Waals surface area contributed by atoms with Gasteiger partial charge in [-0.3, -0.25) is 19.4 Å². The molecule has 18 heavy (non-hydrogen) atoms. The van der Waals surface area contributed by atoms with Gasteiger partial charge in [-0.1, -0.05) is 5.17 Å². The van der Waals surface area contributed by atoms with E-state index in [1.807, 2.05) is 0 Å². The molecule has 2 atom stereocenters. The number of H-pyrrole nitrogens is 1. The number of hydrogen-bond donors (Lipinski definition) is 4. The number of aromatic nitrogens is 4. The molecular formula is C8H10N6O4. The number of nitrogens with zero attached hydrogens (tertiary/aromatic N) is 4. The van der Waals surface area contributed by atoms with Gasteiger partial charge in [0.25, 0.3) is 5.56 Å². The summed E-state index contributed by atoms with van der Waals surface area (Å²) >= 11 is 0. The first-order valence-electron chi connectivity index (χ1n) is 5.14. The summed E-state index contributed by atoms with van der Waals surface area (Å²) < 4.78 is 1.51. The Labute approximate surface area is 99.3 Å². The number of imidazole rings is 1. The van der Waals surface area contributed by atoms with Crippen LogP contribution in [0.4, 0.5) is 0 Å². The lowest BCUT2D eigenvalue weighted by Gasteiger charge is -2.15.